The average molecular weight is 371 g/mol. The third-order valence-electron chi connectivity index (χ3n) is 4.29. The summed E-state index contributed by atoms with van der Waals surface area (Å²) in [5.41, 5.74) is 2.73. The molecule has 0 bridgehead atoms. The first-order valence-corrected chi connectivity index (χ1v) is 9.33. The number of fused-ring (bicyclic) bond motifs is 1. The van der Waals surface area contributed by atoms with Crippen LogP contribution in [0.1, 0.15) is 48.4 Å². The van der Waals surface area contributed by atoms with Crippen molar-refractivity contribution in [3.63, 3.8) is 0 Å². The Labute approximate surface area is 156 Å². The van der Waals surface area contributed by atoms with Gasteiger partial charge >= 0.3 is 0 Å². The Balaban J connectivity index is 1.64. The molecular formula is C19H21N3O3S. The Hall–Kier alpha value is -2.67. The van der Waals surface area contributed by atoms with Gasteiger partial charge in [0.05, 0.1) is 24.9 Å². The minimum absolute atomic E-state index is 0.0112. The van der Waals surface area contributed by atoms with E-state index in [-0.39, 0.29) is 36.2 Å². The van der Waals surface area contributed by atoms with Crippen LogP contribution in [0.4, 0.5) is 5.69 Å². The summed E-state index contributed by atoms with van der Waals surface area (Å²) in [6.45, 7) is 3.35. The molecular weight excluding hydrogens is 350 g/mol. The van der Waals surface area contributed by atoms with Gasteiger partial charge in [0.15, 0.2) is 0 Å². The molecule has 3 amide bonds. The van der Waals surface area contributed by atoms with Crippen molar-refractivity contribution in [2.45, 2.75) is 38.8 Å². The zero-order chi connectivity index (χ0) is 18.7. The molecule has 0 aliphatic carbocycles. The summed E-state index contributed by atoms with van der Waals surface area (Å²) in [5, 5.41) is 10.5. The van der Waals surface area contributed by atoms with Gasteiger partial charge in [-0.15, -0.1) is 11.3 Å². The van der Waals surface area contributed by atoms with E-state index in [1.165, 1.54) is 18.3 Å². The van der Waals surface area contributed by atoms with Gasteiger partial charge in [0.2, 0.25) is 17.7 Å². The molecule has 136 valence electrons. The van der Waals surface area contributed by atoms with Crippen LogP contribution in [0.5, 0.6) is 0 Å². The fraction of sp³-hybridized carbons (Fsp3) is 0.316. The van der Waals surface area contributed by atoms with E-state index in [1.807, 2.05) is 42.6 Å². The van der Waals surface area contributed by atoms with Crippen LogP contribution < -0.4 is 16.0 Å². The zero-order valence-corrected chi connectivity index (χ0v) is 15.5. The molecule has 1 aliphatic heterocycles. The normalized spacial score (nSPS) is 14.9. The van der Waals surface area contributed by atoms with Crippen molar-refractivity contribution in [1.82, 2.24) is 10.6 Å². The molecule has 2 atom stereocenters. The van der Waals surface area contributed by atoms with Crippen LogP contribution in [0.2, 0.25) is 0 Å². The third kappa shape index (κ3) is 4.29. The lowest BCUT2D eigenvalue weighted by Crippen LogP contribution is -2.33. The molecule has 6 nitrogen and oxygen atoms in total. The van der Waals surface area contributed by atoms with Crippen LogP contribution >= 0.6 is 11.3 Å². The maximum absolute atomic E-state index is 12.5. The van der Waals surface area contributed by atoms with E-state index in [4.69, 9.17) is 0 Å². The molecule has 3 N–H and O–H groups in total. The summed E-state index contributed by atoms with van der Waals surface area (Å²) in [4.78, 5) is 36.3. The molecule has 1 aliphatic rings. The number of benzene rings is 1. The summed E-state index contributed by atoms with van der Waals surface area (Å²) in [6.07, 6.45) is 0.544. The lowest BCUT2D eigenvalue weighted by Gasteiger charge is -2.19. The van der Waals surface area contributed by atoms with Crippen molar-refractivity contribution in [2.24, 2.45) is 0 Å². The summed E-state index contributed by atoms with van der Waals surface area (Å²) in [6, 6.07) is 9.00. The molecule has 1 aromatic heterocycles. The van der Waals surface area contributed by atoms with Crippen LogP contribution in [0.25, 0.3) is 0 Å². The molecule has 0 saturated carbocycles. The molecule has 2 aromatic rings. The van der Waals surface area contributed by atoms with Gasteiger partial charge in [0.1, 0.15) is 0 Å². The summed E-state index contributed by atoms with van der Waals surface area (Å²) < 4.78 is 0. The maximum atomic E-state index is 12.5. The molecule has 3 rings (SSSR count). The summed E-state index contributed by atoms with van der Waals surface area (Å²) >= 11 is 1.51. The number of carbonyl (C=O) groups excluding carboxylic acids is 3. The number of rotatable bonds is 6. The van der Waals surface area contributed by atoms with Gasteiger partial charge in [-0.05, 0) is 35.6 Å². The molecule has 0 unspecified atom stereocenters. The fourth-order valence-corrected chi connectivity index (χ4v) is 3.82. The number of amides is 3. The SMILES string of the molecule is CC(=O)N[C@H](CC(=O)N[C@@H](C)c1ccc2c(c1)CC(=O)N2)c1cccs1. The smallest absolute Gasteiger partial charge is 0.228 e. The van der Waals surface area contributed by atoms with E-state index in [0.717, 1.165) is 21.7 Å². The molecule has 0 spiro atoms. The van der Waals surface area contributed by atoms with Gasteiger partial charge in [-0.25, -0.2) is 0 Å². The van der Waals surface area contributed by atoms with Crippen molar-refractivity contribution in [2.75, 3.05) is 5.32 Å². The number of carbonyl (C=O) groups is 3. The van der Waals surface area contributed by atoms with Crippen molar-refractivity contribution in [3.8, 4) is 0 Å². The molecule has 1 aromatic carbocycles. The van der Waals surface area contributed by atoms with Gasteiger partial charge in [0.25, 0.3) is 0 Å². The van der Waals surface area contributed by atoms with Crippen LogP contribution in [0, 0.1) is 0 Å². The Morgan fingerprint density at radius 3 is 2.77 bits per heavy atom. The molecule has 0 fully saturated rings. The van der Waals surface area contributed by atoms with Gasteiger partial charge in [-0.1, -0.05) is 18.2 Å². The highest BCUT2D eigenvalue weighted by Gasteiger charge is 2.21. The van der Waals surface area contributed by atoms with Gasteiger partial charge in [-0.2, -0.15) is 0 Å². The summed E-state index contributed by atoms with van der Waals surface area (Å²) in [7, 11) is 0. The molecule has 7 heteroatoms. The second-order valence-corrected chi connectivity index (χ2v) is 7.38. The van der Waals surface area contributed by atoms with Crippen LogP contribution in [-0.2, 0) is 20.8 Å². The maximum Gasteiger partial charge on any atom is 0.228 e. The minimum atomic E-state index is -0.332. The van der Waals surface area contributed by atoms with E-state index in [9.17, 15) is 14.4 Å². The van der Waals surface area contributed by atoms with Crippen LogP contribution in [0.15, 0.2) is 35.7 Å². The number of nitrogens with one attached hydrogen (secondary N) is 3. The first-order valence-electron chi connectivity index (χ1n) is 8.45. The van der Waals surface area contributed by atoms with E-state index in [2.05, 4.69) is 16.0 Å². The van der Waals surface area contributed by atoms with Crippen molar-refractivity contribution < 1.29 is 14.4 Å². The molecule has 0 saturated heterocycles. The standard InChI is InChI=1S/C19H21N3O3S/c1-11(13-5-6-15-14(8-13)9-18(24)22-15)20-19(25)10-16(21-12(2)23)17-4-3-7-26-17/h3-8,11,16H,9-10H2,1-2H3,(H,20,25)(H,21,23)(H,22,24)/t11-,16+/m0/s1. The van der Waals surface area contributed by atoms with Crippen LogP contribution in [-0.4, -0.2) is 17.7 Å². The fourth-order valence-electron chi connectivity index (χ4n) is 3.05. The monoisotopic (exact) mass is 371 g/mol. The lowest BCUT2D eigenvalue weighted by atomic mass is 10.0. The number of anilines is 1. The van der Waals surface area contributed by atoms with Crippen molar-refractivity contribution >= 4 is 34.7 Å². The number of hydrogen-bond acceptors (Lipinski definition) is 4. The molecule has 0 radical (unpaired) electrons. The third-order valence-corrected chi connectivity index (χ3v) is 5.27. The minimum Gasteiger partial charge on any atom is -0.350 e. The van der Waals surface area contributed by atoms with Crippen molar-refractivity contribution in [1.29, 1.82) is 0 Å². The highest BCUT2D eigenvalue weighted by atomic mass is 32.1. The predicted octanol–water partition coefficient (Wildman–Crippen LogP) is 2.69. The summed E-state index contributed by atoms with van der Waals surface area (Å²) in [5.74, 6) is -0.317. The van der Waals surface area contributed by atoms with E-state index < -0.39 is 0 Å². The first kappa shape index (κ1) is 18.1. The van der Waals surface area contributed by atoms with E-state index in [0.29, 0.717) is 6.42 Å². The highest BCUT2D eigenvalue weighted by molar-refractivity contribution is 7.10. The Kier molecular flexibility index (Phi) is 5.37. The van der Waals surface area contributed by atoms with Crippen LogP contribution in [0.3, 0.4) is 0 Å². The van der Waals surface area contributed by atoms with Gasteiger partial charge < -0.3 is 16.0 Å². The van der Waals surface area contributed by atoms with Crippen molar-refractivity contribution in [3.05, 3.63) is 51.7 Å². The van der Waals surface area contributed by atoms with Gasteiger partial charge in [-0.3, -0.25) is 14.4 Å². The average Bonchev–Trinajstić information content (AvgIpc) is 3.21. The Bertz CT molecular complexity index is 833. The largest absolute Gasteiger partial charge is 0.350 e. The van der Waals surface area contributed by atoms with E-state index in [1.54, 1.807) is 0 Å². The zero-order valence-electron chi connectivity index (χ0n) is 14.7. The van der Waals surface area contributed by atoms with E-state index >= 15 is 0 Å². The lowest BCUT2D eigenvalue weighted by molar-refractivity contribution is -0.123. The highest BCUT2D eigenvalue weighted by Crippen LogP contribution is 2.27. The van der Waals surface area contributed by atoms with Gasteiger partial charge in [0, 0.05) is 17.5 Å². The quantitative estimate of drug-likeness (QED) is 0.730. The second kappa shape index (κ2) is 7.70. The Morgan fingerprint density at radius 1 is 1.27 bits per heavy atom. The number of thiophene rings is 1. The predicted molar refractivity (Wildman–Crippen MR) is 101 cm³/mol. The topological polar surface area (TPSA) is 87.3 Å². The second-order valence-electron chi connectivity index (χ2n) is 6.40. The first-order chi connectivity index (χ1) is 12.4. The number of hydrogen-bond donors (Lipinski definition) is 3. The Morgan fingerprint density at radius 2 is 2.08 bits per heavy atom. The molecule has 26 heavy (non-hydrogen) atoms. The molecule has 2 heterocycles.